The summed E-state index contributed by atoms with van der Waals surface area (Å²) in [6, 6.07) is 6.93. The smallest absolute Gasteiger partial charge is 0.264 e. The number of hydrogen-bond donors (Lipinski definition) is 4. The van der Waals surface area contributed by atoms with Gasteiger partial charge in [0.25, 0.3) is 11.8 Å². The van der Waals surface area contributed by atoms with Crippen molar-refractivity contribution in [1.82, 2.24) is 20.2 Å². The minimum absolute atomic E-state index is 0.147. The standard InChI is InChI=1S/C17H17N5O3/c23-15-12-7-19-8-13(12)21-17(25)14(15)16(24)20-10-1-3-11(4-2-10)22-6-5-18-9-22/h1-6,9,12-13,19,23H,7-8H2,(H,20,24)(H,21,25)/t12-,13-/m0/s1. The van der Waals surface area contributed by atoms with Gasteiger partial charge < -0.3 is 25.6 Å². The highest BCUT2D eigenvalue weighted by atomic mass is 16.3. The molecular weight excluding hydrogens is 322 g/mol. The predicted molar refractivity (Wildman–Crippen MR) is 90.1 cm³/mol. The van der Waals surface area contributed by atoms with Crippen LogP contribution in [0.4, 0.5) is 5.69 Å². The largest absolute Gasteiger partial charge is 0.511 e. The molecule has 1 fully saturated rings. The zero-order valence-electron chi connectivity index (χ0n) is 13.3. The van der Waals surface area contributed by atoms with Gasteiger partial charge in [-0.15, -0.1) is 0 Å². The van der Waals surface area contributed by atoms with Gasteiger partial charge in [0.15, 0.2) is 0 Å². The topological polar surface area (TPSA) is 108 Å². The van der Waals surface area contributed by atoms with E-state index in [-0.39, 0.29) is 23.3 Å². The van der Waals surface area contributed by atoms with Crippen molar-refractivity contribution < 1.29 is 14.7 Å². The Balaban J connectivity index is 1.53. The normalized spacial score (nSPS) is 22.5. The van der Waals surface area contributed by atoms with E-state index in [2.05, 4.69) is 20.9 Å². The molecule has 8 nitrogen and oxygen atoms in total. The van der Waals surface area contributed by atoms with E-state index in [1.807, 2.05) is 22.9 Å². The number of aromatic nitrogens is 2. The molecule has 1 saturated heterocycles. The molecule has 2 aliphatic heterocycles. The zero-order valence-corrected chi connectivity index (χ0v) is 13.3. The van der Waals surface area contributed by atoms with E-state index in [0.29, 0.717) is 18.8 Å². The molecule has 2 amide bonds. The van der Waals surface area contributed by atoms with E-state index in [4.69, 9.17) is 0 Å². The molecule has 8 heteroatoms. The van der Waals surface area contributed by atoms with Crippen molar-refractivity contribution in [3.05, 3.63) is 54.3 Å². The average Bonchev–Trinajstić information content (AvgIpc) is 3.26. The van der Waals surface area contributed by atoms with E-state index >= 15 is 0 Å². The predicted octanol–water partition coefficient (Wildman–Crippen LogP) is 0.341. The van der Waals surface area contributed by atoms with Crippen LogP contribution in [0.1, 0.15) is 0 Å². The van der Waals surface area contributed by atoms with Crippen molar-refractivity contribution in [3.8, 4) is 5.69 Å². The molecule has 4 N–H and O–H groups in total. The number of hydrogen-bond acceptors (Lipinski definition) is 5. The van der Waals surface area contributed by atoms with Crippen molar-refractivity contribution in [2.75, 3.05) is 18.4 Å². The molecule has 2 aliphatic rings. The van der Waals surface area contributed by atoms with Gasteiger partial charge in [0, 0.05) is 36.9 Å². The van der Waals surface area contributed by atoms with E-state index < -0.39 is 11.8 Å². The minimum atomic E-state index is -0.615. The lowest BCUT2D eigenvalue weighted by molar-refractivity contribution is -0.123. The summed E-state index contributed by atoms with van der Waals surface area (Å²) in [7, 11) is 0. The maximum Gasteiger partial charge on any atom is 0.264 e. The minimum Gasteiger partial charge on any atom is -0.511 e. The number of rotatable bonds is 3. The van der Waals surface area contributed by atoms with Gasteiger partial charge in [-0.05, 0) is 24.3 Å². The van der Waals surface area contributed by atoms with Gasteiger partial charge in [0.2, 0.25) is 0 Å². The second-order valence-corrected chi connectivity index (χ2v) is 6.08. The number of fused-ring (bicyclic) bond motifs is 1. The molecule has 25 heavy (non-hydrogen) atoms. The fourth-order valence-corrected chi connectivity index (χ4v) is 3.20. The molecule has 3 heterocycles. The third kappa shape index (κ3) is 2.76. The first-order valence-corrected chi connectivity index (χ1v) is 7.98. The van der Waals surface area contributed by atoms with Gasteiger partial charge in [0.1, 0.15) is 11.3 Å². The number of aliphatic hydroxyl groups excluding tert-OH is 1. The van der Waals surface area contributed by atoms with E-state index in [9.17, 15) is 14.7 Å². The average molecular weight is 339 g/mol. The van der Waals surface area contributed by atoms with E-state index in [1.165, 1.54) is 0 Å². The van der Waals surface area contributed by atoms with Crippen LogP contribution in [0.3, 0.4) is 0 Å². The van der Waals surface area contributed by atoms with Crippen LogP contribution < -0.4 is 16.0 Å². The molecule has 4 rings (SSSR count). The number of aliphatic hydroxyl groups is 1. The van der Waals surface area contributed by atoms with Crippen LogP contribution in [-0.2, 0) is 9.59 Å². The van der Waals surface area contributed by atoms with Gasteiger partial charge >= 0.3 is 0 Å². The number of imidazole rings is 1. The first-order chi connectivity index (χ1) is 12.1. The maximum absolute atomic E-state index is 12.5. The highest BCUT2D eigenvalue weighted by molar-refractivity contribution is 6.23. The Labute approximate surface area is 143 Å². The van der Waals surface area contributed by atoms with Crippen LogP contribution in [0, 0.1) is 5.92 Å². The van der Waals surface area contributed by atoms with Crippen LogP contribution in [0.5, 0.6) is 0 Å². The summed E-state index contributed by atoms with van der Waals surface area (Å²) in [5.74, 6) is -1.57. The van der Waals surface area contributed by atoms with Crippen molar-refractivity contribution in [1.29, 1.82) is 0 Å². The molecule has 128 valence electrons. The Morgan fingerprint density at radius 2 is 2.08 bits per heavy atom. The molecular formula is C17H17N5O3. The van der Waals surface area contributed by atoms with Crippen molar-refractivity contribution in [2.24, 2.45) is 5.92 Å². The van der Waals surface area contributed by atoms with Crippen LogP contribution >= 0.6 is 0 Å². The molecule has 1 aromatic heterocycles. The zero-order chi connectivity index (χ0) is 17.4. The maximum atomic E-state index is 12.5. The van der Waals surface area contributed by atoms with Gasteiger partial charge in [-0.2, -0.15) is 0 Å². The lowest BCUT2D eigenvalue weighted by Gasteiger charge is -2.26. The Morgan fingerprint density at radius 3 is 2.80 bits per heavy atom. The Bertz CT molecular complexity index is 842. The molecule has 0 radical (unpaired) electrons. The fraction of sp³-hybridized carbons (Fsp3) is 0.235. The summed E-state index contributed by atoms with van der Waals surface area (Å²) in [5, 5.41) is 18.9. The van der Waals surface area contributed by atoms with E-state index in [1.54, 1.807) is 24.7 Å². The molecule has 0 spiro atoms. The van der Waals surface area contributed by atoms with E-state index in [0.717, 1.165) is 5.69 Å². The summed E-state index contributed by atoms with van der Waals surface area (Å²) < 4.78 is 1.84. The van der Waals surface area contributed by atoms with Crippen LogP contribution in [0.15, 0.2) is 54.3 Å². The summed E-state index contributed by atoms with van der Waals surface area (Å²) in [6.45, 7) is 1.12. The summed E-state index contributed by atoms with van der Waals surface area (Å²) >= 11 is 0. The Morgan fingerprint density at radius 1 is 1.28 bits per heavy atom. The van der Waals surface area contributed by atoms with Crippen LogP contribution in [0.2, 0.25) is 0 Å². The number of carbonyl (C=O) groups is 2. The van der Waals surface area contributed by atoms with Gasteiger partial charge in [-0.1, -0.05) is 0 Å². The number of carbonyl (C=O) groups excluding carboxylic acids is 2. The van der Waals surface area contributed by atoms with Crippen LogP contribution in [0.25, 0.3) is 5.69 Å². The van der Waals surface area contributed by atoms with Crippen molar-refractivity contribution in [3.63, 3.8) is 0 Å². The molecule has 0 unspecified atom stereocenters. The number of nitrogens with one attached hydrogen (secondary N) is 3. The molecule has 0 saturated carbocycles. The van der Waals surface area contributed by atoms with Gasteiger partial charge in [-0.3, -0.25) is 9.59 Å². The number of anilines is 1. The Hall–Kier alpha value is -3.13. The highest BCUT2D eigenvalue weighted by Crippen LogP contribution is 2.26. The molecule has 0 aliphatic carbocycles. The Kier molecular flexibility index (Phi) is 3.73. The summed E-state index contributed by atoms with van der Waals surface area (Å²) in [5.41, 5.74) is 1.21. The summed E-state index contributed by atoms with van der Waals surface area (Å²) in [4.78, 5) is 28.6. The highest BCUT2D eigenvalue weighted by Gasteiger charge is 2.41. The number of benzene rings is 1. The number of amides is 2. The molecule has 2 aromatic rings. The second kappa shape index (κ2) is 6.06. The third-order valence-corrected chi connectivity index (χ3v) is 4.52. The lowest BCUT2D eigenvalue weighted by atomic mass is 9.92. The van der Waals surface area contributed by atoms with Crippen molar-refractivity contribution >= 4 is 17.5 Å². The van der Waals surface area contributed by atoms with Crippen molar-refractivity contribution in [2.45, 2.75) is 6.04 Å². The van der Waals surface area contributed by atoms with Gasteiger partial charge in [0.05, 0.1) is 18.3 Å². The fourth-order valence-electron chi connectivity index (χ4n) is 3.20. The number of nitrogens with zero attached hydrogens (tertiary/aromatic N) is 2. The molecule has 1 aromatic carbocycles. The molecule has 0 bridgehead atoms. The monoisotopic (exact) mass is 339 g/mol. The lowest BCUT2D eigenvalue weighted by Crippen LogP contribution is -2.48. The van der Waals surface area contributed by atoms with Gasteiger partial charge in [-0.25, -0.2) is 4.98 Å². The summed E-state index contributed by atoms with van der Waals surface area (Å²) in [6.07, 6.45) is 5.17. The molecule has 2 atom stereocenters. The first kappa shape index (κ1) is 15.4. The first-order valence-electron chi connectivity index (χ1n) is 7.98. The van der Waals surface area contributed by atoms with Crippen LogP contribution in [-0.4, -0.2) is 45.6 Å². The third-order valence-electron chi connectivity index (χ3n) is 4.52. The second-order valence-electron chi connectivity index (χ2n) is 6.08. The quantitative estimate of drug-likeness (QED) is 0.603. The SMILES string of the molecule is O=C(Nc1ccc(-n2ccnc2)cc1)C1=C(O)[C@H]2CNC[C@@H]2NC1=O.